The summed E-state index contributed by atoms with van der Waals surface area (Å²) in [5.74, 6) is -0.757. The zero-order chi connectivity index (χ0) is 20.1. The standard InChI is InChI=1S/C21H21Cl2NO4/c22-14-7-10-18(23)17(11-14)21(27)24-19(12-20(25)26)13-5-8-16(9-6-13)28-15-3-1-2-4-15/h5-11,15,19H,1-4,12H2,(H,24,27)(H,25,26)/t19-/m1/s1. The highest BCUT2D eigenvalue weighted by Crippen LogP contribution is 2.27. The number of rotatable bonds is 7. The van der Waals surface area contributed by atoms with Gasteiger partial charge in [0.2, 0.25) is 0 Å². The van der Waals surface area contributed by atoms with E-state index in [4.69, 9.17) is 27.9 Å². The Morgan fingerprint density at radius 2 is 1.79 bits per heavy atom. The number of hydrogen-bond acceptors (Lipinski definition) is 3. The number of carboxylic acids is 1. The van der Waals surface area contributed by atoms with Gasteiger partial charge < -0.3 is 15.2 Å². The van der Waals surface area contributed by atoms with Crippen molar-refractivity contribution in [3.05, 3.63) is 63.6 Å². The minimum Gasteiger partial charge on any atom is -0.490 e. The maximum Gasteiger partial charge on any atom is 0.305 e. The normalized spacial score (nSPS) is 15.2. The van der Waals surface area contributed by atoms with Crippen molar-refractivity contribution in [2.75, 3.05) is 0 Å². The number of carbonyl (C=O) groups is 2. The van der Waals surface area contributed by atoms with Gasteiger partial charge in [-0.25, -0.2) is 0 Å². The quantitative estimate of drug-likeness (QED) is 0.638. The van der Waals surface area contributed by atoms with Crippen LogP contribution in [0.2, 0.25) is 10.0 Å². The van der Waals surface area contributed by atoms with Gasteiger partial charge in [-0.15, -0.1) is 0 Å². The van der Waals surface area contributed by atoms with Gasteiger partial charge in [-0.2, -0.15) is 0 Å². The first-order chi connectivity index (χ1) is 13.4. The van der Waals surface area contributed by atoms with E-state index in [0.717, 1.165) is 18.6 Å². The minimum atomic E-state index is -1.02. The van der Waals surface area contributed by atoms with E-state index in [2.05, 4.69) is 5.32 Å². The fourth-order valence-corrected chi connectivity index (χ4v) is 3.69. The number of aliphatic carboxylic acids is 1. The summed E-state index contributed by atoms with van der Waals surface area (Å²) in [6, 6.07) is 11.0. The van der Waals surface area contributed by atoms with Crippen molar-refractivity contribution >= 4 is 35.1 Å². The van der Waals surface area contributed by atoms with Crippen LogP contribution in [0.4, 0.5) is 0 Å². The van der Waals surface area contributed by atoms with E-state index in [1.54, 1.807) is 30.3 Å². The van der Waals surface area contributed by atoms with E-state index < -0.39 is 17.9 Å². The Balaban J connectivity index is 1.74. The van der Waals surface area contributed by atoms with Gasteiger partial charge in [-0.05, 0) is 61.6 Å². The molecule has 2 N–H and O–H groups in total. The zero-order valence-electron chi connectivity index (χ0n) is 15.2. The summed E-state index contributed by atoms with van der Waals surface area (Å²) in [5.41, 5.74) is 0.874. The average Bonchev–Trinajstić information content (AvgIpc) is 3.16. The molecule has 0 heterocycles. The Labute approximate surface area is 173 Å². The fourth-order valence-electron chi connectivity index (χ4n) is 3.31. The third-order valence-corrected chi connectivity index (χ3v) is 5.31. The molecule has 5 nitrogen and oxygen atoms in total. The topological polar surface area (TPSA) is 75.6 Å². The number of amides is 1. The van der Waals surface area contributed by atoms with Crippen LogP contribution in [-0.4, -0.2) is 23.1 Å². The van der Waals surface area contributed by atoms with E-state index in [-0.39, 0.29) is 23.1 Å². The second-order valence-corrected chi connectivity index (χ2v) is 7.69. The summed E-state index contributed by atoms with van der Waals surface area (Å²) < 4.78 is 5.93. The molecular weight excluding hydrogens is 401 g/mol. The Hall–Kier alpha value is -2.24. The second kappa shape index (κ2) is 9.30. The van der Waals surface area contributed by atoms with Crippen LogP contribution < -0.4 is 10.1 Å². The van der Waals surface area contributed by atoms with Gasteiger partial charge in [0.15, 0.2) is 0 Å². The summed E-state index contributed by atoms with van der Waals surface area (Å²) >= 11 is 12.0. The van der Waals surface area contributed by atoms with Gasteiger partial charge in [0.25, 0.3) is 5.91 Å². The molecule has 0 aromatic heterocycles. The molecule has 2 aromatic rings. The number of benzene rings is 2. The van der Waals surface area contributed by atoms with Crippen molar-refractivity contribution < 1.29 is 19.4 Å². The predicted octanol–water partition coefficient (Wildman–Crippen LogP) is 5.26. The van der Waals surface area contributed by atoms with Gasteiger partial charge in [0.05, 0.1) is 29.2 Å². The van der Waals surface area contributed by atoms with Crippen molar-refractivity contribution in [1.82, 2.24) is 5.32 Å². The van der Waals surface area contributed by atoms with Crippen molar-refractivity contribution in [3.8, 4) is 5.75 Å². The molecule has 7 heteroatoms. The lowest BCUT2D eigenvalue weighted by Gasteiger charge is -2.19. The molecule has 3 rings (SSSR count). The molecule has 0 bridgehead atoms. The third-order valence-electron chi connectivity index (χ3n) is 4.74. The Morgan fingerprint density at radius 3 is 2.43 bits per heavy atom. The Morgan fingerprint density at radius 1 is 1.11 bits per heavy atom. The number of nitrogens with one attached hydrogen (secondary N) is 1. The lowest BCUT2D eigenvalue weighted by atomic mass is 10.0. The van der Waals surface area contributed by atoms with Crippen LogP contribution >= 0.6 is 23.2 Å². The molecule has 28 heavy (non-hydrogen) atoms. The van der Waals surface area contributed by atoms with Crippen molar-refractivity contribution in [3.63, 3.8) is 0 Å². The van der Waals surface area contributed by atoms with E-state index in [1.165, 1.54) is 25.0 Å². The summed E-state index contributed by atoms with van der Waals surface area (Å²) in [5, 5.41) is 12.6. The molecule has 0 saturated heterocycles. The zero-order valence-corrected chi connectivity index (χ0v) is 16.7. The van der Waals surface area contributed by atoms with Crippen LogP contribution in [-0.2, 0) is 4.79 Å². The van der Waals surface area contributed by atoms with Crippen LogP contribution in [0.3, 0.4) is 0 Å². The second-order valence-electron chi connectivity index (χ2n) is 6.84. The maximum atomic E-state index is 12.6. The van der Waals surface area contributed by atoms with Gasteiger partial charge in [0.1, 0.15) is 5.75 Å². The van der Waals surface area contributed by atoms with Gasteiger partial charge in [-0.1, -0.05) is 35.3 Å². The van der Waals surface area contributed by atoms with Crippen LogP contribution in [0.25, 0.3) is 0 Å². The first kappa shape index (κ1) is 20.5. The molecule has 148 valence electrons. The minimum absolute atomic E-state index is 0.200. The molecule has 0 aliphatic heterocycles. The molecular formula is C21H21Cl2NO4. The highest BCUT2D eigenvalue weighted by Gasteiger charge is 2.21. The number of carboxylic acid groups (broad SMARTS) is 1. The van der Waals surface area contributed by atoms with Crippen molar-refractivity contribution in [2.45, 2.75) is 44.2 Å². The van der Waals surface area contributed by atoms with E-state index in [0.29, 0.717) is 10.6 Å². The smallest absolute Gasteiger partial charge is 0.305 e. The molecule has 2 aromatic carbocycles. The van der Waals surface area contributed by atoms with E-state index >= 15 is 0 Å². The van der Waals surface area contributed by atoms with Crippen molar-refractivity contribution in [2.24, 2.45) is 0 Å². The van der Waals surface area contributed by atoms with E-state index in [1.807, 2.05) is 0 Å². The monoisotopic (exact) mass is 421 g/mol. The summed E-state index contributed by atoms with van der Waals surface area (Å²) in [4.78, 5) is 23.9. The molecule has 1 aliphatic rings. The third kappa shape index (κ3) is 5.40. The molecule has 0 radical (unpaired) electrons. The molecule has 1 amide bonds. The highest BCUT2D eigenvalue weighted by atomic mass is 35.5. The molecule has 1 saturated carbocycles. The van der Waals surface area contributed by atoms with Gasteiger partial charge in [-0.3, -0.25) is 9.59 Å². The lowest BCUT2D eigenvalue weighted by Crippen LogP contribution is -2.30. The number of halogens is 2. The summed E-state index contributed by atoms with van der Waals surface area (Å²) in [6.07, 6.45) is 4.46. The first-order valence-corrected chi connectivity index (χ1v) is 9.92. The number of carbonyl (C=O) groups excluding carboxylic acids is 1. The van der Waals surface area contributed by atoms with Crippen LogP contribution in [0.5, 0.6) is 5.75 Å². The van der Waals surface area contributed by atoms with Crippen LogP contribution in [0.15, 0.2) is 42.5 Å². The van der Waals surface area contributed by atoms with Crippen LogP contribution in [0, 0.1) is 0 Å². The summed E-state index contributed by atoms with van der Waals surface area (Å²) in [7, 11) is 0. The Kier molecular flexibility index (Phi) is 6.81. The maximum absolute atomic E-state index is 12.6. The lowest BCUT2D eigenvalue weighted by molar-refractivity contribution is -0.137. The fraction of sp³-hybridized carbons (Fsp3) is 0.333. The van der Waals surface area contributed by atoms with Crippen LogP contribution in [0.1, 0.15) is 54.1 Å². The van der Waals surface area contributed by atoms with Gasteiger partial charge in [0, 0.05) is 5.02 Å². The molecule has 1 atom stereocenters. The van der Waals surface area contributed by atoms with E-state index in [9.17, 15) is 14.7 Å². The van der Waals surface area contributed by atoms with Crippen molar-refractivity contribution in [1.29, 1.82) is 0 Å². The predicted molar refractivity (Wildman–Crippen MR) is 108 cm³/mol. The number of ether oxygens (including phenoxy) is 1. The molecule has 1 fully saturated rings. The largest absolute Gasteiger partial charge is 0.490 e. The molecule has 0 unspecified atom stereocenters. The summed E-state index contributed by atoms with van der Waals surface area (Å²) in [6.45, 7) is 0. The molecule has 0 spiro atoms. The highest BCUT2D eigenvalue weighted by molar-refractivity contribution is 6.35. The molecule has 1 aliphatic carbocycles. The average molecular weight is 422 g/mol. The first-order valence-electron chi connectivity index (χ1n) is 9.16. The number of hydrogen-bond donors (Lipinski definition) is 2. The Bertz CT molecular complexity index is 848. The van der Waals surface area contributed by atoms with Gasteiger partial charge >= 0.3 is 5.97 Å². The SMILES string of the molecule is O=C(O)C[C@@H](NC(=O)c1cc(Cl)ccc1Cl)c1ccc(OC2CCCC2)cc1.